The molecule has 1 amide bonds. The van der Waals surface area contributed by atoms with Crippen LogP contribution in [0.25, 0.3) is 0 Å². The molecular weight excluding hydrogens is 366 g/mol. The summed E-state index contributed by atoms with van der Waals surface area (Å²) < 4.78 is 28.3. The summed E-state index contributed by atoms with van der Waals surface area (Å²) in [7, 11) is -2.41. The van der Waals surface area contributed by atoms with Crippen LogP contribution in [-0.2, 0) is 10.0 Å². The minimum absolute atomic E-state index is 0. The number of amides is 1. The number of primary sulfonamides is 1. The van der Waals surface area contributed by atoms with Crippen molar-refractivity contribution in [2.75, 3.05) is 33.3 Å². The van der Waals surface area contributed by atoms with Gasteiger partial charge in [0.05, 0.1) is 17.6 Å². The number of benzene rings is 1. The molecule has 2 aliphatic heterocycles. The highest BCUT2D eigenvalue weighted by molar-refractivity contribution is 7.89. The van der Waals surface area contributed by atoms with E-state index >= 15 is 0 Å². The van der Waals surface area contributed by atoms with Crippen LogP contribution in [0.1, 0.15) is 29.6 Å². The first-order valence-electron chi connectivity index (χ1n) is 8.06. The van der Waals surface area contributed by atoms with Crippen molar-refractivity contribution in [3.05, 3.63) is 23.8 Å². The van der Waals surface area contributed by atoms with Crippen LogP contribution in [0, 0.1) is 5.41 Å². The molecule has 140 valence electrons. The summed E-state index contributed by atoms with van der Waals surface area (Å²) in [6.45, 7) is 3.39. The second-order valence-electron chi connectivity index (χ2n) is 6.63. The fourth-order valence-electron chi connectivity index (χ4n) is 3.61. The van der Waals surface area contributed by atoms with Gasteiger partial charge in [-0.2, -0.15) is 0 Å². The third-order valence-corrected chi connectivity index (χ3v) is 6.08. The summed E-state index contributed by atoms with van der Waals surface area (Å²) in [5, 5.41) is 8.57. The molecule has 0 atom stereocenters. The first-order valence-corrected chi connectivity index (χ1v) is 9.60. The van der Waals surface area contributed by atoms with Crippen molar-refractivity contribution < 1.29 is 17.9 Å². The van der Waals surface area contributed by atoms with Gasteiger partial charge in [-0.1, -0.05) is 0 Å². The smallest absolute Gasteiger partial charge is 0.257 e. The van der Waals surface area contributed by atoms with Crippen LogP contribution in [0.15, 0.2) is 23.1 Å². The van der Waals surface area contributed by atoms with Gasteiger partial charge < -0.3 is 15.0 Å². The van der Waals surface area contributed by atoms with E-state index < -0.39 is 10.0 Å². The summed E-state index contributed by atoms with van der Waals surface area (Å²) in [5.74, 6) is 0.147. The van der Waals surface area contributed by atoms with Crippen molar-refractivity contribution in [3.8, 4) is 5.75 Å². The van der Waals surface area contributed by atoms with Gasteiger partial charge in [0.1, 0.15) is 5.75 Å². The van der Waals surface area contributed by atoms with E-state index in [2.05, 4.69) is 5.32 Å². The molecule has 3 N–H and O–H groups in total. The molecule has 2 fully saturated rings. The fourth-order valence-corrected chi connectivity index (χ4v) is 4.15. The molecule has 0 unspecified atom stereocenters. The lowest BCUT2D eigenvalue weighted by molar-refractivity contribution is 0.0604. The van der Waals surface area contributed by atoms with Gasteiger partial charge >= 0.3 is 0 Å². The maximum absolute atomic E-state index is 12.9. The number of ether oxygens (including phenoxy) is 1. The number of hydrogen-bond donors (Lipinski definition) is 2. The van der Waals surface area contributed by atoms with E-state index in [1.807, 2.05) is 0 Å². The predicted octanol–water partition coefficient (Wildman–Crippen LogP) is 0.980. The molecular formula is C16H24ClN3O4S. The number of piperidine rings is 1. The Morgan fingerprint density at radius 2 is 1.96 bits per heavy atom. The minimum atomic E-state index is -3.87. The van der Waals surface area contributed by atoms with E-state index in [1.165, 1.54) is 25.3 Å². The quantitative estimate of drug-likeness (QED) is 0.802. The number of nitrogens with one attached hydrogen (secondary N) is 1. The molecule has 9 heteroatoms. The van der Waals surface area contributed by atoms with E-state index in [1.54, 1.807) is 4.90 Å². The first-order chi connectivity index (χ1) is 11.3. The second-order valence-corrected chi connectivity index (χ2v) is 8.19. The Morgan fingerprint density at radius 1 is 1.28 bits per heavy atom. The summed E-state index contributed by atoms with van der Waals surface area (Å²) in [6.07, 6.45) is 3.07. The molecule has 0 aliphatic carbocycles. The van der Waals surface area contributed by atoms with Crippen LogP contribution >= 0.6 is 12.4 Å². The van der Waals surface area contributed by atoms with Gasteiger partial charge in [-0.15, -0.1) is 12.4 Å². The number of carbonyl (C=O) groups is 1. The van der Waals surface area contributed by atoms with Crippen molar-refractivity contribution in [1.29, 1.82) is 0 Å². The normalized spacial score (nSPS) is 19.5. The van der Waals surface area contributed by atoms with Crippen LogP contribution in [-0.4, -0.2) is 52.5 Å². The monoisotopic (exact) mass is 389 g/mol. The number of rotatable bonds is 3. The van der Waals surface area contributed by atoms with Gasteiger partial charge in [0.2, 0.25) is 10.0 Å². The topological polar surface area (TPSA) is 102 Å². The zero-order valence-corrected chi connectivity index (χ0v) is 15.8. The molecule has 3 rings (SSSR count). The largest absolute Gasteiger partial charge is 0.496 e. The van der Waals surface area contributed by atoms with Crippen LogP contribution in [0.2, 0.25) is 0 Å². The molecule has 7 nitrogen and oxygen atoms in total. The van der Waals surface area contributed by atoms with Crippen LogP contribution in [0.4, 0.5) is 0 Å². The Morgan fingerprint density at radius 3 is 2.48 bits per heavy atom. The number of methoxy groups -OCH3 is 1. The Hall–Kier alpha value is -1.35. The highest BCUT2D eigenvalue weighted by atomic mass is 35.5. The number of likely N-dealkylation sites (tertiary alicyclic amines) is 1. The maximum Gasteiger partial charge on any atom is 0.257 e. The minimum Gasteiger partial charge on any atom is -0.496 e. The van der Waals surface area contributed by atoms with Gasteiger partial charge in [0.25, 0.3) is 5.91 Å². The van der Waals surface area contributed by atoms with Crippen LogP contribution in [0.5, 0.6) is 5.75 Å². The molecule has 0 aromatic heterocycles. The van der Waals surface area contributed by atoms with Gasteiger partial charge in [0, 0.05) is 19.6 Å². The van der Waals surface area contributed by atoms with E-state index in [-0.39, 0.29) is 28.8 Å². The van der Waals surface area contributed by atoms with Gasteiger partial charge in [-0.3, -0.25) is 4.79 Å². The van der Waals surface area contributed by atoms with Crippen LogP contribution < -0.4 is 15.2 Å². The Labute approximate surface area is 154 Å². The zero-order valence-electron chi connectivity index (χ0n) is 14.2. The number of nitrogens with two attached hydrogens (primary N) is 1. The summed E-state index contributed by atoms with van der Waals surface area (Å²) in [6, 6.07) is 4.12. The Balaban J connectivity index is 0.00000225. The summed E-state index contributed by atoms with van der Waals surface area (Å²) >= 11 is 0. The standard InChI is InChI=1S/C16H23N3O4S.ClH/c1-23-14-3-2-12(24(17,21)22)10-13(14)15(20)19-8-5-16(6-9-19)4-7-18-11-16;/h2-3,10,18H,4-9,11H2,1H3,(H2,17,21,22);1H. The van der Waals surface area contributed by atoms with Gasteiger partial charge in [0.15, 0.2) is 0 Å². The predicted molar refractivity (Wildman–Crippen MR) is 96.7 cm³/mol. The first kappa shape index (κ1) is 20.0. The Bertz CT molecular complexity index is 738. The Kier molecular flexibility index (Phi) is 5.98. The third kappa shape index (κ3) is 4.08. The molecule has 2 saturated heterocycles. The summed E-state index contributed by atoms with van der Waals surface area (Å²) in [4.78, 5) is 14.5. The molecule has 0 radical (unpaired) electrons. The SMILES string of the molecule is COc1ccc(S(N)(=O)=O)cc1C(=O)N1CCC2(CCNC2)CC1.Cl. The molecule has 0 saturated carbocycles. The van der Waals surface area contributed by atoms with E-state index in [9.17, 15) is 13.2 Å². The molecule has 1 aromatic carbocycles. The van der Waals surface area contributed by atoms with Crippen molar-refractivity contribution in [2.45, 2.75) is 24.2 Å². The van der Waals surface area contributed by atoms with E-state index in [0.29, 0.717) is 24.3 Å². The lowest BCUT2D eigenvalue weighted by Crippen LogP contribution is -2.44. The summed E-state index contributed by atoms with van der Waals surface area (Å²) in [5.41, 5.74) is 0.549. The van der Waals surface area contributed by atoms with Crippen molar-refractivity contribution in [3.63, 3.8) is 0 Å². The molecule has 2 heterocycles. The number of halogens is 1. The number of sulfonamides is 1. The van der Waals surface area contributed by atoms with Gasteiger partial charge in [-0.25, -0.2) is 13.6 Å². The van der Waals surface area contributed by atoms with Crippen molar-refractivity contribution in [1.82, 2.24) is 10.2 Å². The molecule has 25 heavy (non-hydrogen) atoms. The molecule has 1 aromatic rings. The molecule has 1 spiro atoms. The number of nitrogens with zero attached hydrogens (tertiary/aromatic N) is 1. The highest BCUT2D eigenvalue weighted by Gasteiger charge is 2.38. The zero-order chi connectivity index (χ0) is 17.4. The van der Waals surface area contributed by atoms with Gasteiger partial charge in [-0.05, 0) is 49.4 Å². The van der Waals surface area contributed by atoms with Crippen molar-refractivity contribution in [2.24, 2.45) is 10.6 Å². The molecule has 2 aliphatic rings. The molecule has 0 bridgehead atoms. The average Bonchev–Trinajstić information content (AvgIpc) is 3.01. The highest BCUT2D eigenvalue weighted by Crippen LogP contribution is 2.37. The lowest BCUT2D eigenvalue weighted by Gasteiger charge is -2.39. The lowest BCUT2D eigenvalue weighted by atomic mass is 9.78. The second kappa shape index (κ2) is 7.49. The number of carbonyl (C=O) groups excluding carboxylic acids is 1. The van der Waals surface area contributed by atoms with E-state index in [0.717, 1.165) is 32.4 Å². The van der Waals surface area contributed by atoms with Crippen LogP contribution in [0.3, 0.4) is 0 Å². The number of hydrogen-bond acceptors (Lipinski definition) is 5. The maximum atomic E-state index is 12.9. The fraction of sp³-hybridized carbons (Fsp3) is 0.562. The third-order valence-electron chi connectivity index (χ3n) is 5.17. The van der Waals surface area contributed by atoms with E-state index in [4.69, 9.17) is 9.88 Å². The van der Waals surface area contributed by atoms with Crippen molar-refractivity contribution >= 4 is 28.3 Å². The average molecular weight is 390 g/mol.